The van der Waals surface area contributed by atoms with E-state index in [0.29, 0.717) is 0 Å². The van der Waals surface area contributed by atoms with Gasteiger partial charge in [0.1, 0.15) is 18.2 Å². The van der Waals surface area contributed by atoms with Crippen molar-refractivity contribution in [1.29, 1.82) is 0 Å². The Morgan fingerprint density at radius 3 is 2.28 bits per heavy atom. The van der Waals surface area contributed by atoms with Gasteiger partial charge < -0.3 is 10.4 Å². The van der Waals surface area contributed by atoms with Crippen molar-refractivity contribution >= 4 is 21.6 Å². The summed E-state index contributed by atoms with van der Waals surface area (Å²) in [4.78, 5) is 19.2. The van der Waals surface area contributed by atoms with E-state index in [1.54, 1.807) is 30.3 Å². The van der Waals surface area contributed by atoms with Gasteiger partial charge in [0.2, 0.25) is 9.84 Å². The molecule has 0 aliphatic rings. The Labute approximate surface area is 207 Å². The smallest absolute Gasteiger partial charge is 0.322 e. The van der Waals surface area contributed by atoms with E-state index in [1.807, 2.05) is 24.3 Å². The lowest BCUT2D eigenvalue weighted by Gasteiger charge is -2.20. The normalized spacial score (nSPS) is 12.1. The molecule has 2 aromatic carbocycles. The highest BCUT2D eigenvalue weighted by Gasteiger charge is 2.30. The monoisotopic (exact) mass is 506 g/mol. The number of rotatable bonds is 10. The van der Waals surface area contributed by atoms with Gasteiger partial charge in [0, 0.05) is 18.9 Å². The summed E-state index contributed by atoms with van der Waals surface area (Å²) in [5, 5.41) is 13.4. The third-order valence-corrected chi connectivity index (χ3v) is 7.28. The molecule has 4 aromatic rings. The fraction of sp³-hybridized carbons (Fsp3) is 0.115. The molecule has 2 aromatic heterocycles. The van der Waals surface area contributed by atoms with Crippen LogP contribution in [0.4, 0.5) is 10.2 Å². The topological polar surface area (TPSA) is 121 Å². The third-order valence-electron chi connectivity index (χ3n) is 5.36. The van der Waals surface area contributed by atoms with Crippen molar-refractivity contribution in [3.05, 3.63) is 108 Å². The van der Waals surface area contributed by atoms with Gasteiger partial charge in [-0.1, -0.05) is 42.5 Å². The number of carboxylic acid groups (broad SMARTS) is 1. The first kappa shape index (κ1) is 25.0. The molecule has 1 unspecified atom stereocenters. The average Bonchev–Trinajstić information content (AvgIpc) is 2.89. The Bertz CT molecular complexity index is 1430. The number of benzene rings is 2. The average molecular weight is 507 g/mol. The number of sulfone groups is 1. The Balaban J connectivity index is 1.59. The van der Waals surface area contributed by atoms with Gasteiger partial charge in [0.05, 0.1) is 10.6 Å². The molecule has 10 heteroatoms. The van der Waals surface area contributed by atoms with Crippen LogP contribution in [0.15, 0.2) is 96.2 Å². The van der Waals surface area contributed by atoms with Crippen LogP contribution in [0.1, 0.15) is 16.6 Å². The number of halogens is 1. The number of nitrogens with zero attached hydrogens (tertiary/aromatic N) is 2. The molecular weight excluding hydrogens is 483 g/mol. The van der Waals surface area contributed by atoms with Crippen LogP contribution in [-0.2, 0) is 21.2 Å². The summed E-state index contributed by atoms with van der Waals surface area (Å²) < 4.78 is 40.2. The number of pyridine rings is 2. The zero-order chi connectivity index (χ0) is 25.5. The van der Waals surface area contributed by atoms with E-state index in [2.05, 4.69) is 20.6 Å². The largest absolute Gasteiger partial charge is 0.480 e. The summed E-state index contributed by atoms with van der Waals surface area (Å²) in [6.45, 7) is -0.146. The molecule has 36 heavy (non-hydrogen) atoms. The molecule has 3 N–H and O–H groups in total. The van der Waals surface area contributed by atoms with Crippen molar-refractivity contribution in [2.45, 2.75) is 16.8 Å². The van der Waals surface area contributed by atoms with E-state index in [9.17, 15) is 17.6 Å². The molecule has 0 saturated carbocycles. The highest BCUT2D eigenvalue weighted by Crippen LogP contribution is 2.27. The van der Waals surface area contributed by atoms with Crippen LogP contribution in [-0.4, -0.2) is 36.0 Å². The third kappa shape index (κ3) is 6.09. The van der Waals surface area contributed by atoms with E-state index in [4.69, 9.17) is 5.11 Å². The molecule has 0 fully saturated rings. The van der Waals surface area contributed by atoms with Crippen LogP contribution in [0.5, 0.6) is 0 Å². The molecule has 0 spiro atoms. The van der Waals surface area contributed by atoms with Crippen molar-refractivity contribution in [1.82, 2.24) is 15.3 Å². The number of aromatic nitrogens is 2. The maximum atomic E-state index is 13.5. The van der Waals surface area contributed by atoms with Gasteiger partial charge >= 0.3 is 5.97 Å². The van der Waals surface area contributed by atoms with E-state index in [-0.39, 0.29) is 35.3 Å². The summed E-state index contributed by atoms with van der Waals surface area (Å²) in [6.07, 6.45) is 2.76. The van der Waals surface area contributed by atoms with Crippen molar-refractivity contribution < 1.29 is 22.7 Å². The van der Waals surface area contributed by atoms with Crippen LogP contribution in [0.25, 0.3) is 11.1 Å². The maximum Gasteiger partial charge on any atom is 0.322 e. The number of nitrogens with one attached hydrogen (secondary N) is 2. The molecule has 0 aliphatic heterocycles. The molecule has 0 bridgehead atoms. The first-order chi connectivity index (χ1) is 17.3. The lowest BCUT2D eigenvalue weighted by atomic mass is 10.0. The molecule has 8 nitrogen and oxygen atoms in total. The second-order valence-corrected chi connectivity index (χ2v) is 9.93. The minimum absolute atomic E-state index is 0.0276. The van der Waals surface area contributed by atoms with Crippen molar-refractivity contribution in [2.75, 3.05) is 11.9 Å². The SMILES string of the molecule is O=C(O)CNc1cccc(C(NCc2ccc(-c3ccc(F)cc3)cc2)S(=O)(=O)c2cccnc2)n1. The molecule has 0 radical (unpaired) electrons. The highest BCUT2D eigenvalue weighted by atomic mass is 32.2. The predicted octanol–water partition coefficient (Wildman–Crippen LogP) is 4.04. The number of anilines is 1. The molecule has 0 amide bonds. The zero-order valence-corrected chi connectivity index (χ0v) is 19.8. The minimum atomic E-state index is -3.94. The quantitative estimate of drug-likeness (QED) is 0.295. The maximum absolute atomic E-state index is 13.5. The van der Waals surface area contributed by atoms with Crippen molar-refractivity contribution in [3.63, 3.8) is 0 Å². The summed E-state index contributed by atoms with van der Waals surface area (Å²) in [5.74, 6) is -1.13. The Hall–Kier alpha value is -4.15. The van der Waals surface area contributed by atoms with Crippen LogP contribution in [0.2, 0.25) is 0 Å². The van der Waals surface area contributed by atoms with E-state index < -0.39 is 21.2 Å². The zero-order valence-electron chi connectivity index (χ0n) is 19.0. The van der Waals surface area contributed by atoms with Crippen LogP contribution in [0.3, 0.4) is 0 Å². The molecule has 0 saturated heterocycles. The lowest BCUT2D eigenvalue weighted by molar-refractivity contribution is -0.134. The lowest BCUT2D eigenvalue weighted by Crippen LogP contribution is -2.30. The van der Waals surface area contributed by atoms with E-state index >= 15 is 0 Å². The summed E-state index contributed by atoms with van der Waals surface area (Å²) in [7, 11) is -3.94. The van der Waals surface area contributed by atoms with Crippen LogP contribution >= 0.6 is 0 Å². The molecule has 4 rings (SSSR count). The van der Waals surface area contributed by atoms with Gasteiger partial charge in [-0.05, 0) is 53.1 Å². The Morgan fingerprint density at radius 1 is 0.944 bits per heavy atom. The Morgan fingerprint density at radius 2 is 1.64 bits per heavy atom. The van der Waals surface area contributed by atoms with Crippen LogP contribution < -0.4 is 10.6 Å². The predicted molar refractivity (Wildman–Crippen MR) is 133 cm³/mol. The number of hydrogen-bond donors (Lipinski definition) is 3. The van der Waals surface area contributed by atoms with E-state index in [1.165, 1.54) is 36.7 Å². The number of hydrogen-bond acceptors (Lipinski definition) is 7. The van der Waals surface area contributed by atoms with Gasteiger partial charge in [-0.15, -0.1) is 0 Å². The van der Waals surface area contributed by atoms with Crippen molar-refractivity contribution in [3.8, 4) is 11.1 Å². The van der Waals surface area contributed by atoms with E-state index in [0.717, 1.165) is 16.7 Å². The van der Waals surface area contributed by atoms with Gasteiger partial charge in [-0.3, -0.25) is 15.1 Å². The van der Waals surface area contributed by atoms with Crippen LogP contribution in [0, 0.1) is 5.82 Å². The first-order valence-corrected chi connectivity index (χ1v) is 12.5. The Kier molecular flexibility index (Phi) is 7.67. The molecule has 2 heterocycles. The van der Waals surface area contributed by atoms with Gasteiger partial charge in [0.25, 0.3) is 0 Å². The number of carbonyl (C=O) groups is 1. The second kappa shape index (κ2) is 11.1. The highest BCUT2D eigenvalue weighted by molar-refractivity contribution is 7.91. The molecular formula is C26H23FN4O4S. The van der Waals surface area contributed by atoms with Gasteiger partial charge in [0.15, 0.2) is 5.37 Å². The summed E-state index contributed by atoms with van der Waals surface area (Å²) in [6, 6.07) is 21.4. The molecule has 184 valence electrons. The van der Waals surface area contributed by atoms with Gasteiger partial charge in [-0.25, -0.2) is 17.8 Å². The number of aliphatic carboxylic acids is 1. The fourth-order valence-corrected chi connectivity index (χ4v) is 5.05. The summed E-state index contributed by atoms with van der Waals surface area (Å²) >= 11 is 0. The van der Waals surface area contributed by atoms with Crippen molar-refractivity contribution in [2.24, 2.45) is 0 Å². The standard InChI is InChI=1S/C26H23FN4O4S/c27-21-12-10-20(11-13-21)19-8-6-18(7-9-19)15-30-26(36(34,35)22-3-2-14-28-16-22)23-4-1-5-24(31-23)29-17-25(32)33/h1-14,16,26,30H,15,17H2,(H,29,31)(H,32,33). The molecule has 0 aliphatic carbocycles. The van der Waals surface area contributed by atoms with Gasteiger partial charge in [-0.2, -0.15) is 0 Å². The second-order valence-electron chi connectivity index (χ2n) is 7.89. The summed E-state index contributed by atoms with van der Waals surface area (Å²) in [5.41, 5.74) is 2.80. The fourth-order valence-electron chi connectivity index (χ4n) is 3.55. The minimum Gasteiger partial charge on any atom is -0.480 e. The first-order valence-electron chi connectivity index (χ1n) is 11.0. The molecule has 1 atom stereocenters. The number of carboxylic acids is 1.